The van der Waals surface area contributed by atoms with Crippen LogP contribution in [-0.4, -0.2) is 23.2 Å². The third kappa shape index (κ3) is 2.81. The zero-order valence-corrected chi connectivity index (χ0v) is 10.6. The molecular weight excluding hydrogens is 245 g/mol. The molecule has 0 aliphatic carbocycles. The van der Waals surface area contributed by atoms with Gasteiger partial charge in [0, 0.05) is 12.3 Å². The van der Waals surface area contributed by atoms with E-state index in [9.17, 15) is 4.39 Å². The third-order valence-corrected chi connectivity index (χ3v) is 3.48. The average Bonchev–Trinajstić information content (AvgIpc) is 2.91. The highest BCUT2D eigenvalue weighted by molar-refractivity contribution is 5.20. The van der Waals surface area contributed by atoms with Gasteiger partial charge in [-0.1, -0.05) is 23.4 Å². The summed E-state index contributed by atoms with van der Waals surface area (Å²) < 4.78 is 18.8. The maximum Gasteiger partial charge on any atom is 0.229 e. The van der Waals surface area contributed by atoms with Crippen molar-refractivity contribution in [1.29, 1.82) is 0 Å². The smallest absolute Gasteiger partial charge is 0.229 e. The standard InChI is InChI=1S/C14H16FN3O/c15-12-4-2-1-3-11(12)9-13-17-14(19-18-13)10-5-7-16-8-6-10/h1-4,10,16H,5-9H2. The lowest BCUT2D eigenvalue weighted by atomic mass is 9.98. The third-order valence-electron chi connectivity index (χ3n) is 3.48. The van der Waals surface area contributed by atoms with Gasteiger partial charge in [-0.2, -0.15) is 4.98 Å². The minimum absolute atomic E-state index is 0.226. The first-order chi connectivity index (χ1) is 9.33. The van der Waals surface area contributed by atoms with E-state index in [0.717, 1.165) is 25.9 Å². The fourth-order valence-corrected chi connectivity index (χ4v) is 2.39. The van der Waals surface area contributed by atoms with Gasteiger partial charge < -0.3 is 9.84 Å². The first-order valence-electron chi connectivity index (χ1n) is 6.59. The molecule has 0 saturated carbocycles. The van der Waals surface area contributed by atoms with Crippen LogP contribution < -0.4 is 5.32 Å². The molecule has 0 radical (unpaired) electrons. The van der Waals surface area contributed by atoms with E-state index in [0.29, 0.717) is 29.6 Å². The van der Waals surface area contributed by atoms with Gasteiger partial charge in [-0.05, 0) is 37.6 Å². The number of nitrogens with one attached hydrogen (secondary N) is 1. The van der Waals surface area contributed by atoms with Gasteiger partial charge in [-0.25, -0.2) is 4.39 Å². The van der Waals surface area contributed by atoms with Gasteiger partial charge in [0.25, 0.3) is 0 Å². The zero-order valence-electron chi connectivity index (χ0n) is 10.6. The zero-order chi connectivity index (χ0) is 13.1. The molecule has 0 bridgehead atoms. The molecule has 1 aliphatic heterocycles. The number of halogens is 1. The second kappa shape index (κ2) is 5.48. The van der Waals surface area contributed by atoms with Gasteiger partial charge in [-0.15, -0.1) is 0 Å². The highest BCUT2D eigenvalue weighted by Crippen LogP contribution is 2.23. The fourth-order valence-electron chi connectivity index (χ4n) is 2.39. The Labute approximate surface area is 111 Å². The molecule has 1 fully saturated rings. The van der Waals surface area contributed by atoms with Gasteiger partial charge in [0.2, 0.25) is 5.89 Å². The molecule has 0 spiro atoms. The van der Waals surface area contributed by atoms with E-state index in [2.05, 4.69) is 15.5 Å². The van der Waals surface area contributed by atoms with Crippen LogP contribution >= 0.6 is 0 Å². The Morgan fingerprint density at radius 3 is 2.84 bits per heavy atom. The SMILES string of the molecule is Fc1ccccc1Cc1noc(C2CCNCC2)n1. The average molecular weight is 261 g/mol. The van der Waals surface area contributed by atoms with Crippen LogP contribution in [-0.2, 0) is 6.42 Å². The Hall–Kier alpha value is -1.75. The predicted octanol–water partition coefficient (Wildman–Crippen LogP) is 2.27. The summed E-state index contributed by atoms with van der Waals surface area (Å²) in [5, 5.41) is 7.25. The van der Waals surface area contributed by atoms with Crippen molar-refractivity contribution in [2.24, 2.45) is 0 Å². The van der Waals surface area contributed by atoms with Crippen molar-refractivity contribution in [3.63, 3.8) is 0 Å². The minimum atomic E-state index is -0.226. The summed E-state index contributed by atoms with van der Waals surface area (Å²) in [7, 11) is 0. The Bertz CT molecular complexity index is 549. The summed E-state index contributed by atoms with van der Waals surface area (Å²) in [6.45, 7) is 1.96. The van der Waals surface area contributed by atoms with E-state index < -0.39 is 0 Å². The van der Waals surface area contributed by atoms with E-state index in [-0.39, 0.29) is 5.82 Å². The second-order valence-electron chi connectivity index (χ2n) is 4.84. The quantitative estimate of drug-likeness (QED) is 0.920. The molecule has 1 aromatic heterocycles. The van der Waals surface area contributed by atoms with Gasteiger partial charge in [0.05, 0.1) is 0 Å². The normalized spacial score (nSPS) is 16.7. The van der Waals surface area contributed by atoms with Crippen LogP contribution in [0, 0.1) is 5.82 Å². The van der Waals surface area contributed by atoms with E-state index in [1.165, 1.54) is 6.07 Å². The van der Waals surface area contributed by atoms with Crippen molar-refractivity contribution in [2.45, 2.75) is 25.2 Å². The number of benzene rings is 1. The number of hydrogen-bond donors (Lipinski definition) is 1. The molecule has 2 aromatic rings. The molecule has 19 heavy (non-hydrogen) atoms. The molecule has 2 heterocycles. The van der Waals surface area contributed by atoms with Crippen LogP contribution in [0.1, 0.15) is 36.0 Å². The molecule has 1 N–H and O–H groups in total. The number of hydrogen-bond acceptors (Lipinski definition) is 4. The van der Waals surface area contributed by atoms with Crippen LogP contribution in [0.4, 0.5) is 4.39 Å². The van der Waals surface area contributed by atoms with E-state index >= 15 is 0 Å². The summed E-state index contributed by atoms with van der Waals surface area (Å²) >= 11 is 0. The maximum atomic E-state index is 13.5. The molecule has 100 valence electrons. The van der Waals surface area contributed by atoms with E-state index in [1.807, 2.05) is 6.07 Å². The van der Waals surface area contributed by atoms with Crippen molar-refractivity contribution in [1.82, 2.24) is 15.5 Å². The molecule has 1 aliphatic rings. The number of aromatic nitrogens is 2. The Balaban J connectivity index is 1.73. The van der Waals surface area contributed by atoms with Crippen LogP contribution in [0.25, 0.3) is 0 Å². The summed E-state index contributed by atoms with van der Waals surface area (Å²) in [5.74, 6) is 1.35. The van der Waals surface area contributed by atoms with Gasteiger partial charge in [-0.3, -0.25) is 0 Å². The predicted molar refractivity (Wildman–Crippen MR) is 68.3 cm³/mol. The molecule has 0 atom stereocenters. The minimum Gasteiger partial charge on any atom is -0.339 e. The summed E-state index contributed by atoms with van der Waals surface area (Å²) in [5.41, 5.74) is 0.597. The maximum absolute atomic E-state index is 13.5. The molecular formula is C14H16FN3O. The first kappa shape index (κ1) is 12.3. The number of rotatable bonds is 3. The molecule has 0 amide bonds. The Morgan fingerprint density at radius 2 is 2.05 bits per heavy atom. The lowest BCUT2D eigenvalue weighted by Crippen LogP contribution is -2.26. The van der Waals surface area contributed by atoms with Crippen LogP contribution in [0.5, 0.6) is 0 Å². The Morgan fingerprint density at radius 1 is 1.26 bits per heavy atom. The number of piperidine rings is 1. The fraction of sp³-hybridized carbons (Fsp3) is 0.429. The monoisotopic (exact) mass is 261 g/mol. The van der Waals surface area contributed by atoms with Crippen molar-refractivity contribution < 1.29 is 8.91 Å². The summed E-state index contributed by atoms with van der Waals surface area (Å²) in [4.78, 5) is 4.40. The Kier molecular flexibility index (Phi) is 3.55. The summed E-state index contributed by atoms with van der Waals surface area (Å²) in [6.07, 6.45) is 2.41. The van der Waals surface area contributed by atoms with Crippen molar-refractivity contribution in [3.05, 3.63) is 47.4 Å². The van der Waals surface area contributed by atoms with Crippen LogP contribution in [0.15, 0.2) is 28.8 Å². The van der Waals surface area contributed by atoms with Gasteiger partial charge in [0.1, 0.15) is 5.82 Å². The molecule has 1 saturated heterocycles. The van der Waals surface area contributed by atoms with Crippen molar-refractivity contribution >= 4 is 0 Å². The second-order valence-corrected chi connectivity index (χ2v) is 4.84. The van der Waals surface area contributed by atoms with E-state index in [1.54, 1.807) is 12.1 Å². The topological polar surface area (TPSA) is 51.0 Å². The van der Waals surface area contributed by atoms with Gasteiger partial charge in [0.15, 0.2) is 5.82 Å². The van der Waals surface area contributed by atoms with Crippen LogP contribution in [0.2, 0.25) is 0 Å². The van der Waals surface area contributed by atoms with Crippen molar-refractivity contribution in [2.75, 3.05) is 13.1 Å². The lowest BCUT2D eigenvalue weighted by molar-refractivity contribution is 0.318. The van der Waals surface area contributed by atoms with Crippen LogP contribution in [0.3, 0.4) is 0 Å². The van der Waals surface area contributed by atoms with E-state index in [4.69, 9.17) is 4.52 Å². The first-order valence-corrected chi connectivity index (χ1v) is 6.59. The highest BCUT2D eigenvalue weighted by Gasteiger charge is 2.21. The molecule has 5 heteroatoms. The van der Waals surface area contributed by atoms with Gasteiger partial charge >= 0.3 is 0 Å². The van der Waals surface area contributed by atoms with Crippen molar-refractivity contribution in [3.8, 4) is 0 Å². The largest absolute Gasteiger partial charge is 0.339 e. The molecule has 1 aromatic carbocycles. The molecule has 0 unspecified atom stereocenters. The lowest BCUT2D eigenvalue weighted by Gasteiger charge is -2.18. The summed E-state index contributed by atoms with van der Waals surface area (Å²) in [6, 6.07) is 6.68. The molecule has 3 rings (SSSR count). The molecule has 4 nitrogen and oxygen atoms in total. The number of nitrogens with zero attached hydrogens (tertiary/aromatic N) is 2. The highest BCUT2D eigenvalue weighted by atomic mass is 19.1.